The van der Waals surface area contributed by atoms with Crippen molar-refractivity contribution in [2.24, 2.45) is 0 Å². The molecule has 2 amide bonds. The van der Waals surface area contributed by atoms with E-state index >= 15 is 0 Å². The lowest BCUT2D eigenvalue weighted by Crippen LogP contribution is -2.36. The van der Waals surface area contributed by atoms with Crippen molar-refractivity contribution in [3.8, 4) is 5.75 Å². The van der Waals surface area contributed by atoms with Crippen LogP contribution < -0.4 is 15.4 Å². The number of likely N-dealkylation sites (N-methyl/N-ethyl adjacent to an activating group) is 1. The van der Waals surface area contributed by atoms with E-state index in [4.69, 9.17) is 4.74 Å². The molecule has 0 fully saturated rings. The maximum absolute atomic E-state index is 12.3. The lowest BCUT2D eigenvalue weighted by Gasteiger charge is -2.18. The van der Waals surface area contributed by atoms with E-state index in [0.717, 1.165) is 22.4 Å². The molecule has 2 N–H and O–H groups in total. The average Bonchev–Trinajstić information content (AvgIpc) is 2.57. The number of benzene rings is 2. The maximum Gasteiger partial charge on any atom is 0.238 e. The zero-order valence-electron chi connectivity index (χ0n) is 16.6. The molecule has 6 heteroatoms. The molecule has 0 radical (unpaired) electrons. The van der Waals surface area contributed by atoms with Crippen LogP contribution in [-0.4, -0.2) is 44.0 Å². The number of anilines is 2. The average molecular weight is 369 g/mol. The van der Waals surface area contributed by atoms with E-state index in [9.17, 15) is 9.59 Å². The van der Waals surface area contributed by atoms with Gasteiger partial charge in [0.15, 0.2) is 0 Å². The van der Waals surface area contributed by atoms with E-state index in [-0.39, 0.29) is 24.9 Å². The molecule has 0 saturated carbocycles. The highest BCUT2D eigenvalue weighted by atomic mass is 16.5. The minimum absolute atomic E-state index is 0.108. The number of nitrogens with zero attached hydrogens (tertiary/aromatic N) is 1. The van der Waals surface area contributed by atoms with Crippen LogP contribution in [0.25, 0.3) is 0 Å². The zero-order chi connectivity index (χ0) is 20.0. The zero-order valence-corrected chi connectivity index (χ0v) is 16.6. The Labute approximate surface area is 160 Å². The minimum atomic E-state index is -0.193. The van der Waals surface area contributed by atoms with E-state index in [2.05, 4.69) is 10.6 Å². The summed E-state index contributed by atoms with van der Waals surface area (Å²) in [4.78, 5) is 26.2. The van der Waals surface area contributed by atoms with E-state index in [1.807, 2.05) is 32.9 Å². The standard InChI is InChI=1S/C21H27N3O3/c1-14-9-15(2)21(16(3)10-14)23-20(26)13-24(4)12-19(25)22-17-7-6-8-18(11-17)27-5/h6-11H,12-13H2,1-5H3,(H,22,25)(H,23,26). The molecule has 2 rings (SSSR count). The quantitative estimate of drug-likeness (QED) is 0.787. The van der Waals surface area contributed by atoms with Crippen molar-refractivity contribution in [2.75, 3.05) is 37.9 Å². The molecule has 144 valence electrons. The molecule has 0 aliphatic heterocycles. The SMILES string of the molecule is COc1cccc(NC(=O)CN(C)CC(=O)Nc2c(C)cc(C)cc2C)c1. The Kier molecular flexibility index (Phi) is 6.96. The van der Waals surface area contributed by atoms with Crippen molar-refractivity contribution in [1.82, 2.24) is 4.90 Å². The molecular formula is C21H27N3O3. The van der Waals surface area contributed by atoms with E-state index < -0.39 is 0 Å². The second-order valence-corrected chi connectivity index (χ2v) is 6.77. The minimum Gasteiger partial charge on any atom is -0.497 e. The van der Waals surface area contributed by atoms with Gasteiger partial charge in [-0.3, -0.25) is 14.5 Å². The smallest absolute Gasteiger partial charge is 0.238 e. The van der Waals surface area contributed by atoms with Crippen LogP contribution in [-0.2, 0) is 9.59 Å². The fourth-order valence-corrected chi connectivity index (χ4v) is 3.00. The van der Waals surface area contributed by atoms with Gasteiger partial charge in [0.2, 0.25) is 11.8 Å². The van der Waals surface area contributed by atoms with Crippen LogP contribution in [0.3, 0.4) is 0 Å². The number of amides is 2. The summed E-state index contributed by atoms with van der Waals surface area (Å²) in [6.45, 7) is 6.21. The number of hydrogen-bond donors (Lipinski definition) is 2. The summed E-state index contributed by atoms with van der Waals surface area (Å²) in [5, 5.41) is 5.75. The van der Waals surface area contributed by atoms with Crippen molar-refractivity contribution < 1.29 is 14.3 Å². The molecule has 2 aromatic carbocycles. The number of nitrogens with one attached hydrogen (secondary N) is 2. The van der Waals surface area contributed by atoms with E-state index in [0.29, 0.717) is 11.4 Å². The van der Waals surface area contributed by atoms with Crippen LogP contribution in [0, 0.1) is 20.8 Å². The molecule has 27 heavy (non-hydrogen) atoms. The fraction of sp³-hybridized carbons (Fsp3) is 0.333. The van der Waals surface area contributed by atoms with Crippen LogP contribution in [0.4, 0.5) is 11.4 Å². The summed E-state index contributed by atoms with van der Waals surface area (Å²) < 4.78 is 5.14. The molecule has 0 bridgehead atoms. The lowest BCUT2D eigenvalue weighted by molar-refractivity contribution is -0.119. The largest absolute Gasteiger partial charge is 0.497 e. The van der Waals surface area contributed by atoms with Gasteiger partial charge in [-0.15, -0.1) is 0 Å². The third-order valence-electron chi connectivity index (χ3n) is 4.12. The third-order valence-corrected chi connectivity index (χ3v) is 4.12. The van der Waals surface area contributed by atoms with Crippen LogP contribution >= 0.6 is 0 Å². The molecule has 2 aromatic rings. The van der Waals surface area contributed by atoms with Gasteiger partial charge in [0.25, 0.3) is 0 Å². The number of hydrogen-bond acceptors (Lipinski definition) is 4. The Morgan fingerprint density at radius 3 is 2.15 bits per heavy atom. The van der Waals surface area contributed by atoms with Gasteiger partial charge in [0, 0.05) is 17.4 Å². The molecule has 0 aromatic heterocycles. The first-order chi connectivity index (χ1) is 12.8. The normalized spacial score (nSPS) is 10.6. The van der Waals surface area contributed by atoms with Gasteiger partial charge in [-0.2, -0.15) is 0 Å². The number of aryl methyl sites for hydroxylation is 3. The van der Waals surface area contributed by atoms with Gasteiger partial charge in [-0.1, -0.05) is 23.8 Å². The first kappa shape index (κ1) is 20.5. The van der Waals surface area contributed by atoms with Gasteiger partial charge in [-0.05, 0) is 51.1 Å². The monoisotopic (exact) mass is 369 g/mol. The van der Waals surface area contributed by atoms with Gasteiger partial charge in [0.05, 0.1) is 20.2 Å². The molecular weight excluding hydrogens is 342 g/mol. The summed E-state index contributed by atoms with van der Waals surface area (Å²) in [7, 11) is 3.31. The Hall–Kier alpha value is -2.86. The molecule has 0 heterocycles. The second-order valence-electron chi connectivity index (χ2n) is 6.77. The van der Waals surface area contributed by atoms with Gasteiger partial charge >= 0.3 is 0 Å². The van der Waals surface area contributed by atoms with Crippen LogP contribution in [0.2, 0.25) is 0 Å². The molecule has 0 aliphatic carbocycles. The van der Waals surface area contributed by atoms with Crippen molar-refractivity contribution in [1.29, 1.82) is 0 Å². The van der Waals surface area contributed by atoms with Crippen molar-refractivity contribution in [2.45, 2.75) is 20.8 Å². The first-order valence-corrected chi connectivity index (χ1v) is 8.78. The van der Waals surface area contributed by atoms with E-state index in [1.54, 1.807) is 43.3 Å². The molecule has 0 atom stereocenters. The van der Waals surface area contributed by atoms with Crippen LogP contribution in [0.1, 0.15) is 16.7 Å². The summed E-state index contributed by atoms with van der Waals surface area (Å²) in [6.07, 6.45) is 0. The molecule has 0 aliphatic rings. The van der Waals surface area contributed by atoms with Gasteiger partial charge < -0.3 is 15.4 Å². The third kappa shape index (κ3) is 6.11. The lowest BCUT2D eigenvalue weighted by atomic mass is 10.1. The summed E-state index contributed by atoms with van der Waals surface area (Å²) in [6, 6.07) is 11.2. The highest BCUT2D eigenvalue weighted by Crippen LogP contribution is 2.21. The van der Waals surface area contributed by atoms with Gasteiger partial charge in [0.1, 0.15) is 5.75 Å². The number of ether oxygens (including phenoxy) is 1. The molecule has 0 unspecified atom stereocenters. The number of carbonyl (C=O) groups excluding carboxylic acids is 2. The summed E-state index contributed by atoms with van der Waals surface area (Å²) in [5.41, 5.74) is 4.70. The summed E-state index contributed by atoms with van der Waals surface area (Å²) in [5.74, 6) is 0.326. The topological polar surface area (TPSA) is 70.7 Å². The fourth-order valence-electron chi connectivity index (χ4n) is 3.00. The Bertz CT molecular complexity index is 810. The second kappa shape index (κ2) is 9.19. The van der Waals surface area contributed by atoms with Crippen molar-refractivity contribution in [3.05, 3.63) is 53.1 Å². The highest BCUT2D eigenvalue weighted by molar-refractivity contribution is 5.95. The Morgan fingerprint density at radius 2 is 1.56 bits per heavy atom. The van der Waals surface area contributed by atoms with E-state index in [1.165, 1.54) is 0 Å². The number of carbonyl (C=O) groups is 2. The number of rotatable bonds is 7. The Morgan fingerprint density at radius 1 is 0.963 bits per heavy atom. The molecule has 0 spiro atoms. The first-order valence-electron chi connectivity index (χ1n) is 8.78. The Balaban J connectivity index is 1.88. The van der Waals surface area contributed by atoms with Crippen molar-refractivity contribution in [3.63, 3.8) is 0 Å². The molecule has 6 nitrogen and oxygen atoms in total. The van der Waals surface area contributed by atoms with Gasteiger partial charge in [-0.25, -0.2) is 0 Å². The molecule has 0 saturated heterocycles. The summed E-state index contributed by atoms with van der Waals surface area (Å²) >= 11 is 0. The highest BCUT2D eigenvalue weighted by Gasteiger charge is 2.13. The van der Waals surface area contributed by atoms with Crippen molar-refractivity contribution >= 4 is 23.2 Å². The maximum atomic E-state index is 12.3. The van der Waals surface area contributed by atoms with Crippen LogP contribution in [0.5, 0.6) is 5.75 Å². The van der Waals surface area contributed by atoms with Crippen LogP contribution in [0.15, 0.2) is 36.4 Å². The number of methoxy groups -OCH3 is 1. The predicted molar refractivity (Wildman–Crippen MR) is 108 cm³/mol. The predicted octanol–water partition coefficient (Wildman–Crippen LogP) is 3.13.